The molecule has 1 aliphatic heterocycles. The number of ketones is 1. The molecule has 0 unspecified atom stereocenters. The number of halogens is 2. The Labute approximate surface area is 184 Å². The Morgan fingerprint density at radius 2 is 1.60 bits per heavy atom. The fourth-order valence-corrected chi connectivity index (χ4v) is 3.77. The third-order valence-corrected chi connectivity index (χ3v) is 5.47. The number of amides is 3. The van der Waals surface area contributed by atoms with E-state index in [0.29, 0.717) is 17.0 Å². The summed E-state index contributed by atoms with van der Waals surface area (Å²) in [5, 5.41) is 2.09. The fraction of sp³-hybridized carbons (Fsp3) is 0.273. The summed E-state index contributed by atoms with van der Waals surface area (Å²) in [5.74, 6) is -2.20. The van der Waals surface area contributed by atoms with Crippen LogP contribution in [-0.4, -0.2) is 39.6 Å². The summed E-state index contributed by atoms with van der Waals surface area (Å²) in [6.45, 7) is 3.38. The fourth-order valence-electron chi connectivity index (χ4n) is 3.28. The van der Waals surface area contributed by atoms with Gasteiger partial charge in [-0.05, 0) is 38.5 Å². The minimum atomic E-state index is -1.11. The van der Waals surface area contributed by atoms with E-state index < -0.39 is 29.5 Å². The maximum absolute atomic E-state index is 13.4. The molecule has 1 saturated heterocycles. The van der Waals surface area contributed by atoms with Crippen LogP contribution in [-0.2, 0) is 9.59 Å². The van der Waals surface area contributed by atoms with E-state index in [2.05, 4.69) is 0 Å². The summed E-state index contributed by atoms with van der Waals surface area (Å²) in [6.07, 6.45) is 0.614. The van der Waals surface area contributed by atoms with E-state index in [-0.39, 0.29) is 23.4 Å². The summed E-state index contributed by atoms with van der Waals surface area (Å²) in [6, 6.07) is 10.0. The Hall–Kier alpha value is -2.70. The highest BCUT2D eigenvalue weighted by atomic mass is 35.5. The number of hydrogen-bond donors (Lipinski definition) is 0. The smallest absolute Gasteiger partial charge is 0.275 e. The lowest BCUT2D eigenvalue weighted by atomic mass is 10.0. The first-order valence-corrected chi connectivity index (χ1v) is 10.2. The Kier molecular flexibility index (Phi) is 6.58. The predicted molar refractivity (Wildman–Crippen MR) is 113 cm³/mol. The maximum Gasteiger partial charge on any atom is 0.275 e. The van der Waals surface area contributed by atoms with E-state index in [1.165, 1.54) is 25.1 Å². The molecule has 0 bridgehead atoms. The van der Waals surface area contributed by atoms with Crippen molar-refractivity contribution in [3.8, 4) is 0 Å². The number of carbonyl (C=O) groups excluding carboxylic acids is 4. The second kappa shape index (κ2) is 8.98. The molecule has 30 heavy (non-hydrogen) atoms. The number of hydrogen-bond acceptors (Lipinski definition) is 4. The quantitative estimate of drug-likeness (QED) is 0.501. The molecule has 0 radical (unpaired) electrons. The van der Waals surface area contributed by atoms with Crippen LogP contribution in [0.15, 0.2) is 42.5 Å². The first-order valence-electron chi connectivity index (χ1n) is 9.46. The minimum Gasteiger partial charge on any atom is -0.292 e. The van der Waals surface area contributed by atoms with E-state index >= 15 is 0 Å². The maximum atomic E-state index is 13.4. The molecular formula is C22H20Cl2N2O4. The van der Waals surface area contributed by atoms with Gasteiger partial charge < -0.3 is 0 Å². The predicted octanol–water partition coefficient (Wildman–Crippen LogP) is 4.47. The van der Waals surface area contributed by atoms with Crippen molar-refractivity contribution in [2.24, 2.45) is 0 Å². The summed E-state index contributed by atoms with van der Waals surface area (Å²) in [7, 11) is 0. The van der Waals surface area contributed by atoms with Gasteiger partial charge in [-0.2, -0.15) is 5.01 Å². The number of nitrogens with zero attached hydrogens (tertiary/aromatic N) is 2. The Bertz CT molecular complexity index is 1000. The first kappa shape index (κ1) is 22.0. The van der Waals surface area contributed by atoms with Gasteiger partial charge in [0.1, 0.15) is 6.04 Å². The molecule has 1 aliphatic rings. The zero-order valence-corrected chi connectivity index (χ0v) is 18.0. The molecular weight excluding hydrogens is 427 g/mol. The highest BCUT2D eigenvalue weighted by molar-refractivity contribution is 6.36. The molecule has 0 aliphatic carbocycles. The van der Waals surface area contributed by atoms with E-state index in [4.69, 9.17) is 23.2 Å². The summed E-state index contributed by atoms with van der Waals surface area (Å²) >= 11 is 12.1. The number of carbonyl (C=O) groups is 4. The molecule has 1 atom stereocenters. The number of aryl methyl sites for hydroxylation is 1. The van der Waals surface area contributed by atoms with E-state index in [1.807, 2.05) is 6.92 Å². The van der Waals surface area contributed by atoms with Crippen molar-refractivity contribution >= 4 is 46.7 Å². The topological polar surface area (TPSA) is 74.8 Å². The van der Waals surface area contributed by atoms with Crippen molar-refractivity contribution < 1.29 is 19.2 Å². The largest absolute Gasteiger partial charge is 0.292 e. The third-order valence-electron chi connectivity index (χ3n) is 4.92. The van der Waals surface area contributed by atoms with Crippen molar-refractivity contribution in [2.45, 2.75) is 39.2 Å². The van der Waals surface area contributed by atoms with Crippen LogP contribution in [0.4, 0.5) is 0 Å². The number of hydrazine groups is 1. The average molecular weight is 447 g/mol. The van der Waals surface area contributed by atoms with E-state index in [1.54, 1.807) is 24.3 Å². The van der Waals surface area contributed by atoms with Crippen molar-refractivity contribution in [1.82, 2.24) is 10.0 Å². The molecule has 0 aromatic heterocycles. The van der Waals surface area contributed by atoms with Gasteiger partial charge in [-0.25, -0.2) is 5.01 Å². The van der Waals surface area contributed by atoms with Crippen LogP contribution in [0.2, 0.25) is 10.0 Å². The van der Waals surface area contributed by atoms with Gasteiger partial charge in [0, 0.05) is 23.4 Å². The van der Waals surface area contributed by atoms with Gasteiger partial charge in [0.2, 0.25) is 11.8 Å². The average Bonchev–Trinajstić information content (AvgIpc) is 2.70. The molecule has 0 saturated carbocycles. The molecule has 6 nitrogen and oxygen atoms in total. The molecule has 2 aromatic rings. The van der Waals surface area contributed by atoms with Crippen molar-refractivity contribution in [2.75, 3.05) is 0 Å². The zero-order chi connectivity index (χ0) is 22.0. The SMILES string of the molecule is Cc1ccc(C(=O)[C@@H](C)N(C(=O)c2ccc(Cl)cc2Cl)N2C(=O)CCCC2=O)cc1. The van der Waals surface area contributed by atoms with Crippen LogP contribution in [0.25, 0.3) is 0 Å². The Balaban J connectivity index is 2.05. The summed E-state index contributed by atoms with van der Waals surface area (Å²) in [4.78, 5) is 51.7. The molecule has 0 N–H and O–H groups in total. The molecule has 8 heteroatoms. The highest BCUT2D eigenvalue weighted by Gasteiger charge is 2.40. The Morgan fingerprint density at radius 1 is 1.00 bits per heavy atom. The number of rotatable bonds is 5. The molecule has 3 rings (SSSR count). The zero-order valence-electron chi connectivity index (χ0n) is 16.5. The molecule has 156 valence electrons. The normalized spacial score (nSPS) is 15.1. The second-order valence-corrected chi connectivity index (χ2v) is 7.98. The first-order chi connectivity index (χ1) is 14.2. The molecule has 2 aromatic carbocycles. The third kappa shape index (κ3) is 4.40. The van der Waals surface area contributed by atoms with Crippen LogP contribution in [0.5, 0.6) is 0 Å². The van der Waals surface area contributed by atoms with Gasteiger partial charge in [-0.3, -0.25) is 19.2 Å². The van der Waals surface area contributed by atoms with Crippen LogP contribution in [0.1, 0.15) is 52.5 Å². The summed E-state index contributed by atoms with van der Waals surface area (Å²) in [5.41, 5.74) is 1.38. The Morgan fingerprint density at radius 3 is 2.17 bits per heavy atom. The van der Waals surface area contributed by atoms with E-state index in [9.17, 15) is 19.2 Å². The number of Topliss-reactive ketones (excluding diaryl/α,β-unsaturated/α-hetero) is 1. The minimum absolute atomic E-state index is 0.0378. The van der Waals surface area contributed by atoms with Crippen molar-refractivity contribution in [3.05, 3.63) is 69.2 Å². The van der Waals surface area contributed by atoms with Gasteiger partial charge >= 0.3 is 0 Å². The van der Waals surface area contributed by atoms with E-state index in [0.717, 1.165) is 15.6 Å². The standard InChI is InChI=1S/C22H20Cl2N2O4/c1-13-6-8-15(9-7-13)21(29)14(2)25(26-19(27)4-3-5-20(26)28)22(30)17-11-10-16(23)12-18(17)24/h6-12,14H,3-5H2,1-2H3/t14-/m1/s1. The molecule has 0 spiro atoms. The second-order valence-electron chi connectivity index (χ2n) is 7.13. The van der Waals surface area contributed by atoms with Crippen LogP contribution in [0, 0.1) is 6.92 Å². The molecule has 1 heterocycles. The van der Waals surface area contributed by atoms with Gasteiger partial charge in [0.05, 0.1) is 10.6 Å². The number of imide groups is 1. The van der Waals surface area contributed by atoms with Gasteiger partial charge in [0.25, 0.3) is 5.91 Å². The van der Waals surface area contributed by atoms with Crippen LogP contribution >= 0.6 is 23.2 Å². The lowest BCUT2D eigenvalue weighted by Gasteiger charge is -2.38. The van der Waals surface area contributed by atoms with Crippen molar-refractivity contribution in [3.63, 3.8) is 0 Å². The molecule has 3 amide bonds. The van der Waals surface area contributed by atoms with Crippen LogP contribution in [0.3, 0.4) is 0 Å². The highest BCUT2D eigenvalue weighted by Crippen LogP contribution is 2.26. The lowest BCUT2D eigenvalue weighted by Crippen LogP contribution is -2.59. The monoisotopic (exact) mass is 446 g/mol. The summed E-state index contributed by atoms with van der Waals surface area (Å²) < 4.78 is 0. The van der Waals surface area contributed by atoms with Gasteiger partial charge in [-0.15, -0.1) is 0 Å². The number of piperidine rings is 1. The number of benzene rings is 2. The molecule has 1 fully saturated rings. The van der Waals surface area contributed by atoms with Crippen LogP contribution < -0.4 is 0 Å². The lowest BCUT2D eigenvalue weighted by molar-refractivity contribution is -0.165. The van der Waals surface area contributed by atoms with Crippen molar-refractivity contribution in [1.29, 1.82) is 0 Å². The van der Waals surface area contributed by atoms with Gasteiger partial charge in [-0.1, -0.05) is 53.0 Å². The van der Waals surface area contributed by atoms with Gasteiger partial charge in [0.15, 0.2) is 5.78 Å².